The summed E-state index contributed by atoms with van der Waals surface area (Å²) in [6, 6.07) is 74.5. The van der Waals surface area contributed by atoms with Gasteiger partial charge in [0.25, 0.3) is 0 Å². The summed E-state index contributed by atoms with van der Waals surface area (Å²) in [5, 5.41) is 3.49. The molecule has 2 aromatic heterocycles. The molecule has 3 nitrogen and oxygen atoms in total. The van der Waals surface area contributed by atoms with E-state index in [2.05, 4.69) is 188 Å². The molecule has 0 N–H and O–H groups in total. The normalized spacial score (nSPS) is 11.2. The van der Waals surface area contributed by atoms with Gasteiger partial charge in [0.15, 0.2) is 5.82 Å². The van der Waals surface area contributed by atoms with E-state index in [0.717, 1.165) is 78.1 Å². The Hall–Kier alpha value is -7.49. The van der Waals surface area contributed by atoms with Gasteiger partial charge in [-0.15, -0.1) is 0 Å². The highest BCUT2D eigenvalue weighted by Gasteiger charge is 2.18. The van der Waals surface area contributed by atoms with E-state index >= 15 is 0 Å². The lowest BCUT2D eigenvalue weighted by atomic mass is 9.90. The van der Waals surface area contributed by atoms with Crippen LogP contribution in [0.25, 0.3) is 100 Å². The first-order chi connectivity index (χ1) is 27.7. The summed E-state index contributed by atoms with van der Waals surface area (Å²) in [7, 11) is 0. The summed E-state index contributed by atoms with van der Waals surface area (Å²) in [5.41, 5.74) is 14.5. The van der Waals surface area contributed by atoms with Gasteiger partial charge in [0.1, 0.15) is 0 Å². The lowest BCUT2D eigenvalue weighted by molar-refractivity contribution is 1.18. The lowest BCUT2D eigenvalue weighted by Gasteiger charge is -2.17. The quantitative estimate of drug-likeness (QED) is 0.154. The SMILES string of the molecule is c1ccc(-c2cccc(-c3cc(-c4cccc(-c5cc6ccccc6c6c(-c7ccccc7)cc(-c7ccccc7)nc56)c4)nc(-c4ccccc4)n3)c2)cc1. The third-order valence-electron chi connectivity index (χ3n) is 10.5. The van der Waals surface area contributed by atoms with Crippen LogP contribution in [0.3, 0.4) is 0 Å². The summed E-state index contributed by atoms with van der Waals surface area (Å²) < 4.78 is 0. The molecule has 3 heteroatoms. The second-order valence-electron chi connectivity index (χ2n) is 14.0. The van der Waals surface area contributed by atoms with E-state index in [-0.39, 0.29) is 0 Å². The minimum Gasteiger partial charge on any atom is -0.247 e. The monoisotopic (exact) mass is 713 g/mol. The second-order valence-corrected chi connectivity index (χ2v) is 14.0. The third kappa shape index (κ3) is 6.31. The summed E-state index contributed by atoms with van der Waals surface area (Å²) >= 11 is 0. The smallest absolute Gasteiger partial charge is 0.160 e. The van der Waals surface area contributed by atoms with E-state index < -0.39 is 0 Å². The number of fused-ring (bicyclic) bond motifs is 3. The maximum absolute atomic E-state index is 5.48. The van der Waals surface area contributed by atoms with Crippen molar-refractivity contribution >= 4 is 21.7 Å². The summed E-state index contributed by atoms with van der Waals surface area (Å²) in [5.74, 6) is 0.687. The number of nitrogens with zero attached hydrogens (tertiary/aromatic N) is 3. The van der Waals surface area contributed by atoms with Crippen LogP contribution in [-0.4, -0.2) is 15.0 Å². The topological polar surface area (TPSA) is 38.7 Å². The Bertz CT molecular complexity index is 3000. The molecular weight excluding hydrogens is 679 g/mol. The van der Waals surface area contributed by atoms with E-state index in [1.54, 1.807) is 0 Å². The van der Waals surface area contributed by atoms with E-state index in [4.69, 9.17) is 15.0 Å². The molecule has 0 spiro atoms. The van der Waals surface area contributed by atoms with E-state index in [1.165, 1.54) is 16.3 Å². The van der Waals surface area contributed by atoms with Crippen molar-refractivity contribution in [2.75, 3.05) is 0 Å². The van der Waals surface area contributed by atoms with Crippen LogP contribution in [0, 0.1) is 0 Å². The highest BCUT2D eigenvalue weighted by atomic mass is 14.9. The predicted octanol–water partition coefficient (Wildman–Crippen LogP) is 13.8. The van der Waals surface area contributed by atoms with Crippen molar-refractivity contribution in [2.24, 2.45) is 0 Å². The third-order valence-corrected chi connectivity index (χ3v) is 10.5. The molecule has 0 atom stereocenters. The number of aromatic nitrogens is 3. The van der Waals surface area contributed by atoms with Gasteiger partial charge in [-0.1, -0.05) is 182 Å². The van der Waals surface area contributed by atoms with Crippen LogP contribution in [0.2, 0.25) is 0 Å². The van der Waals surface area contributed by atoms with Crippen LogP contribution >= 0.6 is 0 Å². The Kier molecular flexibility index (Phi) is 8.51. The molecular formula is C53H35N3. The van der Waals surface area contributed by atoms with Crippen molar-refractivity contribution < 1.29 is 0 Å². The van der Waals surface area contributed by atoms with Gasteiger partial charge in [0.05, 0.1) is 22.6 Å². The van der Waals surface area contributed by atoms with Crippen LogP contribution in [0.1, 0.15) is 0 Å². The van der Waals surface area contributed by atoms with Crippen molar-refractivity contribution in [3.63, 3.8) is 0 Å². The molecule has 0 saturated heterocycles. The van der Waals surface area contributed by atoms with Gasteiger partial charge in [-0.05, 0) is 68.9 Å². The molecule has 0 unspecified atom stereocenters. The van der Waals surface area contributed by atoms with Gasteiger partial charge in [0.2, 0.25) is 0 Å². The maximum Gasteiger partial charge on any atom is 0.160 e. The van der Waals surface area contributed by atoms with Crippen molar-refractivity contribution in [3.8, 4) is 78.5 Å². The minimum absolute atomic E-state index is 0.687. The van der Waals surface area contributed by atoms with E-state index in [0.29, 0.717) is 5.82 Å². The number of rotatable bonds is 7. The molecule has 2 heterocycles. The van der Waals surface area contributed by atoms with Crippen molar-refractivity contribution in [1.29, 1.82) is 0 Å². The zero-order valence-corrected chi connectivity index (χ0v) is 30.5. The number of hydrogen-bond donors (Lipinski definition) is 0. The van der Waals surface area contributed by atoms with E-state index in [1.807, 2.05) is 24.3 Å². The lowest BCUT2D eigenvalue weighted by Crippen LogP contribution is -1.97. The molecule has 56 heavy (non-hydrogen) atoms. The highest BCUT2D eigenvalue weighted by Crippen LogP contribution is 2.42. The largest absolute Gasteiger partial charge is 0.247 e. The second kappa shape index (κ2) is 14.4. The van der Waals surface area contributed by atoms with Crippen LogP contribution in [0.15, 0.2) is 212 Å². The van der Waals surface area contributed by atoms with Gasteiger partial charge < -0.3 is 0 Å². The maximum atomic E-state index is 5.48. The van der Waals surface area contributed by atoms with Crippen molar-refractivity contribution in [1.82, 2.24) is 15.0 Å². The summed E-state index contributed by atoms with van der Waals surface area (Å²) in [6.07, 6.45) is 0. The minimum atomic E-state index is 0.687. The Balaban J connectivity index is 1.19. The van der Waals surface area contributed by atoms with Gasteiger partial charge in [0, 0.05) is 33.2 Å². The van der Waals surface area contributed by atoms with Gasteiger partial charge in [-0.25, -0.2) is 15.0 Å². The Morgan fingerprint density at radius 1 is 0.268 bits per heavy atom. The molecule has 0 aliphatic rings. The van der Waals surface area contributed by atoms with Crippen LogP contribution in [0.4, 0.5) is 0 Å². The van der Waals surface area contributed by atoms with Gasteiger partial charge in [-0.2, -0.15) is 0 Å². The summed E-state index contributed by atoms with van der Waals surface area (Å²) in [4.78, 5) is 15.8. The molecule has 262 valence electrons. The van der Waals surface area contributed by atoms with Crippen molar-refractivity contribution in [2.45, 2.75) is 0 Å². The first-order valence-corrected chi connectivity index (χ1v) is 18.9. The molecule has 0 aliphatic heterocycles. The van der Waals surface area contributed by atoms with Crippen molar-refractivity contribution in [3.05, 3.63) is 212 Å². The first-order valence-electron chi connectivity index (χ1n) is 18.9. The Labute approximate surface area is 326 Å². The molecule has 10 rings (SSSR count). The molecule has 0 amide bonds. The van der Waals surface area contributed by atoms with Crippen LogP contribution < -0.4 is 0 Å². The first kappa shape index (κ1) is 33.1. The Morgan fingerprint density at radius 3 is 1.41 bits per heavy atom. The molecule has 8 aromatic carbocycles. The van der Waals surface area contributed by atoms with Gasteiger partial charge >= 0.3 is 0 Å². The fourth-order valence-electron chi connectivity index (χ4n) is 7.70. The molecule has 0 aliphatic carbocycles. The van der Waals surface area contributed by atoms with Crippen LogP contribution in [0.5, 0.6) is 0 Å². The standard InChI is InChI=1S/C53H35N3/c1-5-17-36(18-6-1)40-26-15-28-43(31-40)49-35-50(56-53(55-49)39-23-11-4-12-24-39)44-29-16-27-41(32-44)47-33-42-25-13-14-30-45(42)51-46(37-19-7-2-8-20-37)34-48(54-52(47)51)38-21-9-3-10-22-38/h1-35H. The molecule has 0 saturated carbocycles. The average molecular weight is 714 g/mol. The summed E-state index contributed by atoms with van der Waals surface area (Å²) in [6.45, 7) is 0. The fourth-order valence-corrected chi connectivity index (χ4v) is 7.70. The zero-order chi connectivity index (χ0) is 37.3. The Morgan fingerprint density at radius 2 is 0.750 bits per heavy atom. The average Bonchev–Trinajstić information content (AvgIpc) is 3.29. The van der Waals surface area contributed by atoms with Crippen LogP contribution in [-0.2, 0) is 0 Å². The molecule has 10 aromatic rings. The molecule has 0 fully saturated rings. The van der Waals surface area contributed by atoms with E-state index in [9.17, 15) is 0 Å². The zero-order valence-electron chi connectivity index (χ0n) is 30.5. The van der Waals surface area contributed by atoms with Gasteiger partial charge in [-0.3, -0.25) is 0 Å². The number of pyridine rings is 1. The molecule has 0 bridgehead atoms. The highest BCUT2D eigenvalue weighted by molar-refractivity contribution is 6.18. The fraction of sp³-hybridized carbons (Fsp3) is 0. The number of hydrogen-bond acceptors (Lipinski definition) is 3. The number of benzene rings is 8. The predicted molar refractivity (Wildman–Crippen MR) is 233 cm³/mol. The molecule has 0 radical (unpaired) electrons.